The van der Waals surface area contributed by atoms with Gasteiger partial charge < -0.3 is 10.0 Å². The van der Waals surface area contributed by atoms with E-state index in [1.807, 2.05) is 0 Å². The number of aryl methyl sites for hydroxylation is 1. The molecule has 1 unspecified atom stereocenters. The highest BCUT2D eigenvalue weighted by Crippen LogP contribution is 2.34. The van der Waals surface area contributed by atoms with Crippen LogP contribution in [0.5, 0.6) is 0 Å². The van der Waals surface area contributed by atoms with E-state index >= 15 is 0 Å². The minimum atomic E-state index is -4.85. The fourth-order valence-corrected chi connectivity index (χ4v) is 2.29. The molecule has 1 aromatic carbocycles. The molecule has 0 saturated carbocycles. The smallest absolute Gasteiger partial charge is 0.434 e. The van der Waals surface area contributed by atoms with Gasteiger partial charge in [0.2, 0.25) is 0 Å². The van der Waals surface area contributed by atoms with Crippen LogP contribution in [0, 0.1) is 6.92 Å². The standard InChI is InChI=1S/C16H16F3N3O3/c1-9-6-4-5-7-12(9)22-13(16(17,18)19)11(8-20-22)14(23)21(3)10(2)15(24)25/h4-8,10H,1-3H3,(H,24,25). The molecule has 1 N–H and O–H groups in total. The second-order valence-electron chi connectivity index (χ2n) is 5.53. The first-order chi connectivity index (χ1) is 11.6. The van der Waals surface area contributed by atoms with Crippen LogP contribution in [-0.4, -0.2) is 44.8 Å². The first-order valence-electron chi connectivity index (χ1n) is 7.27. The second-order valence-corrected chi connectivity index (χ2v) is 5.53. The molecule has 1 atom stereocenters. The molecule has 6 nitrogen and oxygen atoms in total. The van der Waals surface area contributed by atoms with Gasteiger partial charge in [0.1, 0.15) is 6.04 Å². The van der Waals surface area contributed by atoms with Gasteiger partial charge in [0.25, 0.3) is 5.91 Å². The van der Waals surface area contributed by atoms with Crippen molar-refractivity contribution in [3.63, 3.8) is 0 Å². The van der Waals surface area contributed by atoms with Crippen molar-refractivity contribution in [3.8, 4) is 5.69 Å². The maximum atomic E-state index is 13.6. The van der Waals surface area contributed by atoms with Crippen molar-refractivity contribution >= 4 is 11.9 Å². The first kappa shape index (κ1) is 18.5. The number of carboxylic acids is 1. The summed E-state index contributed by atoms with van der Waals surface area (Å²) in [6, 6.07) is 5.02. The Labute approximate surface area is 141 Å². The molecular formula is C16H16F3N3O3. The Morgan fingerprint density at radius 2 is 1.88 bits per heavy atom. The van der Waals surface area contributed by atoms with Crippen molar-refractivity contribution in [1.29, 1.82) is 0 Å². The molecule has 0 bridgehead atoms. The normalized spacial score (nSPS) is 12.7. The van der Waals surface area contributed by atoms with E-state index in [-0.39, 0.29) is 5.69 Å². The molecule has 1 aromatic heterocycles. The number of para-hydroxylation sites is 1. The van der Waals surface area contributed by atoms with Crippen LogP contribution in [0.2, 0.25) is 0 Å². The average Bonchev–Trinajstić information content (AvgIpc) is 2.98. The van der Waals surface area contributed by atoms with E-state index in [1.54, 1.807) is 25.1 Å². The number of hydrogen-bond donors (Lipinski definition) is 1. The van der Waals surface area contributed by atoms with Crippen molar-refractivity contribution in [3.05, 3.63) is 47.3 Å². The van der Waals surface area contributed by atoms with Gasteiger partial charge in [-0.25, -0.2) is 9.48 Å². The molecule has 0 saturated heterocycles. The number of halogens is 3. The number of carbonyl (C=O) groups excluding carboxylic acids is 1. The molecule has 25 heavy (non-hydrogen) atoms. The van der Waals surface area contributed by atoms with Crippen molar-refractivity contribution in [2.45, 2.75) is 26.1 Å². The monoisotopic (exact) mass is 355 g/mol. The fourth-order valence-electron chi connectivity index (χ4n) is 2.29. The highest BCUT2D eigenvalue weighted by atomic mass is 19.4. The Morgan fingerprint density at radius 3 is 2.40 bits per heavy atom. The molecule has 2 aromatic rings. The number of likely N-dealkylation sites (N-methyl/N-ethyl adjacent to an activating group) is 1. The van der Waals surface area contributed by atoms with Gasteiger partial charge in [0.15, 0.2) is 5.69 Å². The highest BCUT2D eigenvalue weighted by molar-refractivity contribution is 5.97. The number of aliphatic carboxylic acids is 1. The number of hydrogen-bond acceptors (Lipinski definition) is 3. The summed E-state index contributed by atoms with van der Waals surface area (Å²) in [5, 5.41) is 12.7. The lowest BCUT2D eigenvalue weighted by molar-refractivity contribution is -0.143. The van der Waals surface area contributed by atoms with E-state index in [2.05, 4.69) is 5.10 Å². The molecule has 0 fully saturated rings. The van der Waals surface area contributed by atoms with Crippen LogP contribution in [-0.2, 0) is 11.0 Å². The first-order valence-corrected chi connectivity index (χ1v) is 7.27. The maximum absolute atomic E-state index is 13.6. The summed E-state index contributed by atoms with van der Waals surface area (Å²) in [7, 11) is 1.13. The van der Waals surface area contributed by atoms with Gasteiger partial charge in [0, 0.05) is 7.05 Å². The molecule has 9 heteroatoms. The van der Waals surface area contributed by atoms with E-state index in [4.69, 9.17) is 5.11 Å². The minimum absolute atomic E-state index is 0.183. The van der Waals surface area contributed by atoms with E-state index in [0.29, 0.717) is 10.2 Å². The number of amides is 1. The summed E-state index contributed by atoms with van der Waals surface area (Å²) in [6.45, 7) is 2.83. The van der Waals surface area contributed by atoms with Gasteiger partial charge in [-0.3, -0.25) is 4.79 Å². The van der Waals surface area contributed by atoms with E-state index in [0.717, 1.165) is 18.1 Å². The maximum Gasteiger partial charge on any atom is 0.434 e. The van der Waals surface area contributed by atoms with Crippen molar-refractivity contribution < 1.29 is 27.9 Å². The number of benzene rings is 1. The zero-order valence-electron chi connectivity index (χ0n) is 13.7. The van der Waals surface area contributed by atoms with Gasteiger partial charge in [-0.05, 0) is 25.5 Å². The zero-order valence-corrected chi connectivity index (χ0v) is 13.7. The quantitative estimate of drug-likeness (QED) is 0.915. The third-order valence-corrected chi connectivity index (χ3v) is 3.87. The predicted molar refractivity (Wildman–Crippen MR) is 82.5 cm³/mol. The molecule has 1 heterocycles. The van der Waals surface area contributed by atoms with Gasteiger partial charge >= 0.3 is 12.1 Å². The number of alkyl halides is 3. The molecule has 1 amide bonds. The number of carbonyl (C=O) groups is 2. The number of nitrogens with zero attached hydrogens (tertiary/aromatic N) is 3. The topological polar surface area (TPSA) is 75.4 Å². The molecule has 0 aliphatic rings. The average molecular weight is 355 g/mol. The SMILES string of the molecule is Cc1ccccc1-n1ncc(C(=O)N(C)C(C)C(=O)O)c1C(F)(F)F. The van der Waals surface area contributed by atoms with Gasteiger partial charge in [0.05, 0.1) is 17.4 Å². The molecule has 2 rings (SSSR count). The Balaban J connectivity index is 2.60. The van der Waals surface area contributed by atoms with Crippen LogP contribution in [0.3, 0.4) is 0 Å². The molecule has 134 valence electrons. The summed E-state index contributed by atoms with van der Waals surface area (Å²) in [5.41, 5.74) is -1.22. The Kier molecular flexibility index (Phi) is 4.87. The largest absolute Gasteiger partial charge is 0.480 e. The number of aromatic nitrogens is 2. The third-order valence-electron chi connectivity index (χ3n) is 3.87. The fraction of sp³-hybridized carbons (Fsp3) is 0.312. The van der Waals surface area contributed by atoms with Crippen LogP contribution < -0.4 is 0 Å². The lowest BCUT2D eigenvalue weighted by Gasteiger charge is -2.22. The summed E-state index contributed by atoms with van der Waals surface area (Å²) in [4.78, 5) is 24.1. The molecular weight excluding hydrogens is 339 g/mol. The van der Waals surface area contributed by atoms with Crippen LogP contribution >= 0.6 is 0 Å². The summed E-state index contributed by atoms with van der Waals surface area (Å²) < 4.78 is 41.4. The third kappa shape index (κ3) is 3.49. The number of rotatable bonds is 4. The van der Waals surface area contributed by atoms with Crippen LogP contribution in [0.15, 0.2) is 30.5 Å². The predicted octanol–water partition coefficient (Wildman–Crippen LogP) is 2.74. The Morgan fingerprint density at radius 1 is 1.28 bits per heavy atom. The van der Waals surface area contributed by atoms with Crippen molar-refractivity contribution in [2.75, 3.05) is 7.05 Å². The summed E-state index contributed by atoms with van der Waals surface area (Å²) in [6.07, 6.45) is -4.04. The molecule has 0 aliphatic heterocycles. The van der Waals surface area contributed by atoms with Crippen molar-refractivity contribution in [2.24, 2.45) is 0 Å². The minimum Gasteiger partial charge on any atom is -0.480 e. The Bertz CT molecular complexity index is 814. The van der Waals surface area contributed by atoms with E-state index < -0.39 is 35.4 Å². The molecule has 0 aliphatic carbocycles. The van der Waals surface area contributed by atoms with Gasteiger partial charge in [-0.15, -0.1) is 0 Å². The second kappa shape index (κ2) is 6.58. The zero-order chi connectivity index (χ0) is 18.9. The lowest BCUT2D eigenvalue weighted by Crippen LogP contribution is -2.40. The Hall–Kier alpha value is -2.84. The molecule has 0 radical (unpaired) electrons. The summed E-state index contributed by atoms with van der Waals surface area (Å²) >= 11 is 0. The van der Waals surface area contributed by atoms with Crippen LogP contribution in [0.4, 0.5) is 13.2 Å². The van der Waals surface area contributed by atoms with Gasteiger partial charge in [-0.2, -0.15) is 18.3 Å². The van der Waals surface area contributed by atoms with Gasteiger partial charge in [-0.1, -0.05) is 18.2 Å². The van der Waals surface area contributed by atoms with Crippen LogP contribution in [0.25, 0.3) is 5.69 Å². The summed E-state index contributed by atoms with van der Waals surface area (Å²) in [5.74, 6) is -2.39. The number of carboxylic acid groups (broad SMARTS) is 1. The highest BCUT2D eigenvalue weighted by Gasteiger charge is 2.42. The molecule has 0 spiro atoms. The van der Waals surface area contributed by atoms with Crippen molar-refractivity contribution in [1.82, 2.24) is 14.7 Å². The van der Waals surface area contributed by atoms with Crippen LogP contribution in [0.1, 0.15) is 28.5 Å². The van der Waals surface area contributed by atoms with E-state index in [9.17, 15) is 22.8 Å². The lowest BCUT2D eigenvalue weighted by atomic mass is 10.1. The van der Waals surface area contributed by atoms with E-state index in [1.165, 1.54) is 13.0 Å².